The van der Waals surface area contributed by atoms with E-state index in [4.69, 9.17) is 6.42 Å². The minimum atomic E-state index is 0.129. The van der Waals surface area contributed by atoms with E-state index in [1.807, 2.05) is 0 Å². The van der Waals surface area contributed by atoms with Crippen molar-refractivity contribution in [1.29, 1.82) is 0 Å². The van der Waals surface area contributed by atoms with E-state index >= 15 is 0 Å². The first-order chi connectivity index (χ1) is 8.94. The molecule has 0 aliphatic rings. The molecule has 0 aromatic carbocycles. The van der Waals surface area contributed by atoms with Crippen LogP contribution in [0.15, 0.2) is 5.38 Å². The van der Waals surface area contributed by atoms with Crippen molar-refractivity contribution in [3.8, 4) is 12.3 Å². The molecule has 19 heavy (non-hydrogen) atoms. The van der Waals surface area contributed by atoms with Gasteiger partial charge in [0.05, 0.1) is 12.2 Å². The van der Waals surface area contributed by atoms with Crippen molar-refractivity contribution in [3.05, 3.63) is 16.1 Å². The summed E-state index contributed by atoms with van der Waals surface area (Å²) in [4.78, 5) is 6.92. The molecule has 3 nitrogen and oxygen atoms in total. The van der Waals surface area contributed by atoms with Crippen LogP contribution in [0.4, 0.5) is 0 Å². The lowest BCUT2D eigenvalue weighted by Gasteiger charge is -2.19. The van der Waals surface area contributed by atoms with Gasteiger partial charge in [-0.1, -0.05) is 12.8 Å². The Kier molecular flexibility index (Phi) is 6.50. The van der Waals surface area contributed by atoms with Gasteiger partial charge in [0.2, 0.25) is 0 Å². The first-order valence-electron chi connectivity index (χ1n) is 6.78. The maximum Gasteiger partial charge on any atom is 0.107 e. The summed E-state index contributed by atoms with van der Waals surface area (Å²) in [6, 6.07) is 0. The van der Waals surface area contributed by atoms with Crippen molar-refractivity contribution in [1.82, 2.24) is 15.2 Å². The number of hydrogen-bond donors (Lipinski definition) is 1. The van der Waals surface area contributed by atoms with Crippen LogP contribution in [0.25, 0.3) is 0 Å². The van der Waals surface area contributed by atoms with Gasteiger partial charge in [0.1, 0.15) is 5.01 Å². The molecule has 0 atom stereocenters. The highest BCUT2D eigenvalue weighted by Crippen LogP contribution is 2.13. The zero-order chi connectivity index (χ0) is 14.3. The molecule has 1 aromatic rings. The number of rotatable bonds is 7. The predicted octanol–water partition coefficient (Wildman–Crippen LogP) is 2.88. The molecule has 0 amide bonds. The van der Waals surface area contributed by atoms with Crippen LogP contribution in [0.2, 0.25) is 0 Å². The second-order valence-electron chi connectivity index (χ2n) is 5.75. The summed E-state index contributed by atoms with van der Waals surface area (Å²) in [6.45, 7) is 12.1. The van der Waals surface area contributed by atoms with E-state index in [0.29, 0.717) is 6.54 Å². The summed E-state index contributed by atoms with van der Waals surface area (Å²) in [5, 5.41) is 6.74. The Hall–Kier alpha value is -0.890. The van der Waals surface area contributed by atoms with E-state index in [1.165, 1.54) is 0 Å². The zero-order valence-electron chi connectivity index (χ0n) is 12.5. The van der Waals surface area contributed by atoms with Gasteiger partial charge in [0.25, 0.3) is 0 Å². The Balaban J connectivity index is 2.51. The largest absolute Gasteiger partial charge is 0.306 e. The highest BCUT2D eigenvalue weighted by Gasteiger charge is 2.11. The van der Waals surface area contributed by atoms with Gasteiger partial charge in [0.15, 0.2) is 0 Å². The monoisotopic (exact) mass is 279 g/mol. The maximum atomic E-state index is 5.39. The normalized spacial score (nSPS) is 11.8. The molecule has 106 valence electrons. The van der Waals surface area contributed by atoms with Crippen molar-refractivity contribution in [2.45, 2.75) is 52.7 Å². The second kappa shape index (κ2) is 7.64. The molecule has 1 aromatic heterocycles. The van der Waals surface area contributed by atoms with Gasteiger partial charge < -0.3 is 5.32 Å². The molecular formula is C15H25N3S. The van der Waals surface area contributed by atoms with E-state index in [-0.39, 0.29) is 5.54 Å². The number of aromatic nitrogens is 1. The highest BCUT2D eigenvalue weighted by atomic mass is 32.1. The number of nitrogens with zero attached hydrogens (tertiary/aromatic N) is 2. The van der Waals surface area contributed by atoms with E-state index in [0.717, 1.165) is 36.8 Å². The Morgan fingerprint density at radius 1 is 1.47 bits per heavy atom. The average molecular weight is 279 g/mol. The fourth-order valence-corrected chi connectivity index (χ4v) is 2.46. The predicted molar refractivity (Wildman–Crippen MR) is 83.1 cm³/mol. The van der Waals surface area contributed by atoms with Crippen molar-refractivity contribution in [2.75, 3.05) is 13.1 Å². The highest BCUT2D eigenvalue weighted by molar-refractivity contribution is 7.09. The van der Waals surface area contributed by atoms with Gasteiger partial charge >= 0.3 is 0 Å². The summed E-state index contributed by atoms with van der Waals surface area (Å²) < 4.78 is 0. The average Bonchev–Trinajstić information content (AvgIpc) is 2.74. The third-order valence-corrected chi connectivity index (χ3v) is 3.51. The molecular weight excluding hydrogens is 254 g/mol. The van der Waals surface area contributed by atoms with Gasteiger partial charge in [-0.25, -0.2) is 4.98 Å². The molecule has 0 spiro atoms. The molecule has 1 heterocycles. The van der Waals surface area contributed by atoms with Crippen LogP contribution < -0.4 is 5.32 Å². The number of terminal acetylenes is 1. The van der Waals surface area contributed by atoms with Crippen LogP contribution in [0.5, 0.6) is 0 Å². The molecule has 0 aliphatic carbocycles. The van der Waals surface area contributed by atoms with Crippen LogP contribution in [0.1, 0.15) is 44.8 Å². The molecule has 0 bridgehead atoms. The molecule has 0 aliphatic heterocycles. The minimum absolute atomic E-state index is 0.129. The quantitative estimate of drug-likeness (QED) is 0.778. The van der Waals surface area contributed by atoms with Crippen molar-refractivity contribution >= 4 is 11.3 Å². The van der Waals surface area contributed by atoms with Gasteiger partial charge in [0, 0.05) is 24.0 Å². The molecule has 0 fully saturated rings. The van der Waals surface area contributed by atoms with Crippen molar-refractivity contribution < 1.29 is 0 Å². The first-order valence-corrected chi connectivity index (χ1v) is 7.66. The van der Waals surface area contributed by atoms with Crippen LogP contribution in [-0.4, -0.2) is 28.5 Å². The summed E-state index contributed by atoms with van der Waals surface area (Å²) in [5.41, 5.74) is 1.25. The van der Waals surface area contributed by atoms with Crippen LogP contribution >= 0.6 is 11.3 Å². The van der Waals surface area contributed by atoms with E-state index < -0.39 is 0 Å². The van der Waals surface area contributed by atoms with Gasteiger partial charge in [-0.15, -0.1) is 17.8 Å². The van der Waals surface area contributed by atoms with Gasteiger partial charge in [-0.2, -0.15) is 0 Å². The topological polar surface area (TPSA) is 28.2 Å². The lowest BCUT2D eigenvalue weighted by atomic mass is 10.1. The maximum absolute atomic E-state index is 5.39. The van der Waals surface area contributed by atoms with Crippen LogP contribution in [-0.2, 0) is 13.1 Å². The Labute approximate surface area is 121 Å². The smallest absolute Gasteiger partial charge is 0.107 e. The fraction of sp³-hybridized carbons (Fsp3) is 0.667. The molecule has 0 saturated heterocycles. The summed E-state index contributed by atoms with van der Waals surface area (Å²) in [5.74, 6) is 2.71. The molecule has 1 rings (SSSR count). The zero-order valence-corrected chi connectivity index (χ0v) is 13.3. The fourth-order valence-electron chi connectivity index (χ4n) is 1.73. The van der Waals surface area contributed by atoms with E-state index in [2.05, 4.69) is 54.2 Å². The number of hydrogen-bond acceptors (Lipinski definition) is 4. The SMILES string of the molecule is C#CCN(CCC)Cc1csc(CNC(C)(C)C)n1. The number of nitrogens with one attached hydrogen (secondary N) is 1. The first kappa shape index (κ1) is 16.2. The number of thiazole rings is 1. The molecule has 0 radical (unpaired) electrons. The van der Waals surface area contributed by atoms with E-state index in [9.17, 15) is 0 Å². The van der Waals surface area contributed by atoms with E-state index in [1.54, 1.807) is 11.3 Å². The second-order valence-corrected chi connectivity index (χ2v) is 6.69. The minimum Gasteiger partial charge on any atom is -0.306 e. The van der Waals surface area contributed by atoms with Gasteiger partial charge in [-0.3, -0.25) is 4.90 Å². The Morgan fingerprint density at radius 3 is 2.79 bits per heavy atom. The Morgan fingerprint density at radius 2 is 2.21 bits per heavy atom. The lowest BCUT2D eigenvalue weighted by molar-refractivity contribution is 0.296. The lowest BCUT2D eigenvalue weighted by Crippen LogP contribution is -2.35. The summed E-state index contributed by atoms with van der Waals surface area (Å²) in [7, 11) is 0. The third kappa shape index (κ3) is 6.72. The summed E-state index contributed by atoms with van der Waals surface area (Å²) in [6.07, 6.45) is 6.51. The van der Waals surface area contributed by atoms with Crippen molar-refractivity contribution in [2.24, 2.45) is 0 Å². The van der Waals surface area contributed by atoms with Crippen LogP contribution in [0, 0.1) is 12.3 Å². The third-order valence-electron chi connectivity index (χ3n) is 2.61. The molecule has 0 unspecified atom stereocenters. The molecule has 0 saturated carbocycles. The Bertz CT molecular complexity index is 412. The van der Waals surface area contributed by atoms with Crippen LogP contribution in [0.3, 0.4) is 0 Å². The molecule has 1 N–H and O–H groups in total. The molecule has 4 heteroatoms. The van der Waals surface area contributed by atoms with Gasteiger partial charge in [-0.05, 0) is 33.7 Å². The standard InChI is InChI=1S/C15H25N3S/c1-6-8-18(9-7-2)11-13-12-19-14(17-13)10-16-15(3,4)5/h1,12,16H,7-11H2,2-5H3. The summed E-state index contributed by atoms with van der Waals surface area (Å²) >= 11 is 1.72. The van der Waals surface area contributed by atoms with Crippen molar-refractivity contribution in [3.63, 3.8) is 0 Å².